The highest BCUT2D eigenvalue weighted by Crippen LogP contribution is 2.26. The van der Waals surface area contributed by atoms with Crippen LogP contribution in [0.15, 0.2) is 71.8 Å². The molecule has 0 aliphatic heterocycles. The Bertz CT molecular complexity index is 1160. The van der Waals surface area contributed by atoms with Gasteiger partial charge in [0, 0.05) is 52.7 Å². The summed E-state index contributed by atoms with van der Waals surface area (Å²) in [5.74, 6) is 0. The molecule has 0 atom stereocenters. The first-order valence-electron chi connectivity index (χ1n) is 10.6. The zero-order valence-electron chi connectivity index (χ0n) is 18.9. The normalized spacial score (nSPS) is 11.4. The lowest BCUT2D eigenvalue weighted by molar-refractivity contribution is 0.763. The molecule has 5 nitrogen and oxygen atoms in total. The fourth-order valence-corrected chi connectivity index (χ4v) is 3.73. The Morgan fingerprint density at radius 2 is 1.64 bits per heavy atom. The lowest BCUT2D eigenvalue weighted by atomic mass is 10.0. The average molecular weight is 485 g/mol. The molecule has 0 amide bonds. The predicted octanol–water partition coefficient (Wildman–Crippen LogP) is 4.95. The zero-order valence-corrected chi connectivity index (χ0v) is 20.4. The summed E-state index contributed by atoms with van der Waals surface area (Å²) in [6.07, 6.45) is 7.65. The Morgan fingerprint density at radius 1 is 1.03 bits per heavy atom. The second kappa shape index (κ2) is 12.9. The van der Waals surface area contributed by atoms with Crippen LogP contribution in [0.2, 0.25) is 10.0 Å². The summed E-state index contributed by atoms with van der Waals surface area (Å²) in [6.45, 7) is 5.22. The Hall–Kier alpha value is -2.99. The van der Waals surface area contributed by atoms with E-state index >= 15 is 0 Å². The van der Waals surface area contributed by atoms with Gasteiger partial charge in [0.1, 0.15) is 0 Å². The van der Waals surface area contributed by atoms with E-state index in [2.05, 4.69) is 0 Å². The number of hydrogen-bond donors (Lipinski definition) is 3. The van der Waals surface area contributed by atoms with Crippen molar-refractivity contribution >= 4 is 35.0 Å². The maximum absolute atomic E-state index is 12.5. The number of benzene rings is 2. The summed E-state index contributed by atoms with van der Waals surface area (Å²) < 4.78 is 2.03. The minimum absolute atomic E-state index is 0.0233. The molecular weight excluding hydrogens is 455 g/mol. The molecule has 1 aromatic heterocycles. The summed E-state index contributed by atoms with van der Waals surface area (Å²) in [4.78, 5) is 12.5. The molecule has 0 spiro atoms. The quantitative estimate of drug-likeness (QED) is 0.460. The number of nitrogens with two attached hydrogens (primary N) is 3. The number of nitrogens with zero attached hydrogens (tertiary/aromatic N) is 1. The summed E-state index contributed by atoms with van der Waals surface area (Å²) >= 11 is 12.6. The molecule has 0 unspecified atom stereocenters. The van der Waals surface area contributed by atoms with E-state index in [0.717, 1.165) is 28.9 Å². The van der Waals surface area contributed by atoms with Gasteiger partial charge in [-0.05, 0) is 42.3 Å². The standard InChI is InChI=1S/C24H23Cl2N3O.C2H7N/c1-16-19(14-20-21(25)5-2-6-22(20)26)24(30)11-13-29(16)12-3-4-17-7-9-18(10-8-17)23(28)15-27;1-2-3/h2-11,13,15H,12,14,27-28H2,1H3;2-3H2,1H3/b4-3+,23-15-;. The van der Waals surface area contributed by atoms with Crippen molar-refractivity contribution in [3.63, 3.8) is 0 Å². The highest BCUT2D eigenvalue weighted by atomic mass is 35.5. The maximum atomic E-state index is 12.5. The Labute approximate surface area is 205 Å². The van der Waals surface area contributed by atoms with E-state index in [9.17, 15) is 4.79 Å². The van der Waals surface area contributed by atoms with Crippen LogP contribution in [0, 0.1) is 6.92 Å². The molecule has 0 fully saturated rings. The van der Waals surface area contributed by atoms with E-state index in [1.54, 1.807) is 30.5 Å². The minimum Gasteiger partial charge on any atom is -0.403 e. The van der Waals surface area contributed by atoms with Crippen molar-refractivity contribution in [2.24, 2.45) is 17.2 Å². The van der Waals surface area contributed by atoms with Gasteiger partial charge < -0.3 is 21.8 Å². The molecule has 1 heterocycles. The van der Waals surface area contributed by atoms with Crippen LogP contribution in [0.1, 0.15) is 34.9 Å². The Balaban J connectivity index is 0.00000122. The van der Waals surface area contributed by atoms with Crippen LogP contribution in [0.5, 0.6) is 0 Å². The van der Waals surface area contributed by atoms with E-state index in [4.69, 9.17) is 40.4 Å². The van der Waals surface area contributed by atoms with E-state index in [1.165, 1.54) is 6.20 Å². The molecule has 0 saturated heterocycles. The first-order valence-corrected chi connectivity index (χ1v) is 11.3. The molecule has 174 valence electrons. The first-order chi connectivity index (χ1) is 15.8. The van der Waals surface area contributed by atoms with Gasteiger partial charge in [0.25, 0.3) is 0 Å². The van der Waals surface area contributed by atoms with Crippen LogP contribution < -0.4 is 22.6 Å². The van der Waals surface area contributed by atoms with Crippen molar-refractivity contribution in [2.75, 3.05) is 6.54 Å². The van der Waals surface area contributed by atoms with E-state index in [0.29, 0.717) is 34.3 Å². The minimum atomic E-state index is -0.0233. The SMILES string of the molecule is CCN.Cc1c(Cc2c(Cl)cccc2Cl)c(=O)ccn1C/C=C/c1ccc(/C(N)=C/N)cc1. The summed E-state index contributed by atoms with van der Waals surface area (Å²) in [5, 5.41) is 1.12. The number of aromatic nitrogens is 1. The molecule has 3 aromatic rings. The van der Waals surface area contributed by atoms with Gasteiger partial charge >= 0.3 is 0 Å². The number of rotatable bonds is 6. The highest BCUT2D eigenvalue weighted by Gasteiger charge is 2.12. The number of allylic oxidation sites excluding steroid dienone is 1. The average Bonchev–Trinajstić information content (AvgIpc) is 2.80. The highest BCUT2D eigenvalue weighted by molar-refractivity contribution is 6.36. The third-order valence-corrected chi connectivity index (χ3v) is 5.73. The fraction of sp³-hybridized carbons (Fsp3) is 0.192. The monoisotopic (exact) mass is 484 g/mol. The molecule has 7 heteroatoms. The van der Waals surface area contributed by atoms with Gasteiger partial charge in [-0.3, -0.25) is 4.79 Å². The van der Waals surface area contributed by atoms with Crippen molar-refractivity contribution in [1.29, 1.82) is 0 Å². The second-order valence-corrected chi connectivity index (χ2v) is 8.14. The summed E-state index contributed by atoms with van der Waals surface area (Å²) in [6, 6.07) is 14.7. The maximum Gasteiger partial charge on any atom is 0.185 e. The third kappa shape index (κ3) is 7.26. The van der Waals surface area contributed by atoms with Crippen molar-refractivity contribution in [2.45, 2.75) is 26.8 Å². The van der Waals surface area contributed by atoms with Crippen molar-refractivity contribution < 1.29 is 0 Å². The third-order valence-electron chi connectivity index (χ3n) is 5.02. The number of halogens is 2. The molecule has 0 radical (unpaired) electrons. The van der Waals surface area contributed by atoms with E-state index < -0.39 is 0 Å². The van der Waals surface area contributed by atoms with Crippen LogP contribution in [0.3, 0.4) is 0 Å². The smallest absolute Gasteiger partial charge is 0.185 e. The molecule has 0 bridgehead atoms. The molecule has 2 aromatic carbocycles. The Kier molecular flexibility index (Phi) is 10.3. The van der Waals surface area contributed by atoms with Gasteiger partial charge in [0.15, 0.2) is 5.43 Å². The second-order valence-electron chi connectivity index (χ2n) is 7.33. The summed E-state index contributed by atoms with van der Waals surface area (Å²) in [7, 11) is 0. The van der Waals surface area contributed by atoms with Gasteiger partial charge in [-0.1, -0.05) is 72.6 Å². The van der Waals surface area contributed by atoms with Gasteiger partial charge in [0.05, 0.1) is 5.70 Å². The van der Waals surface area contributed by atoms with Crippen molar-refractivity contribution in [1.82, 2.24) is 4.57 Å². The zero-order chi connectivity index (χ0) is 24.4. The lowest BCUT2D eigenvalue weighted by Gasteiger charge is -2.14. The largest absolute Gasteiger partial charge is 0.403 e. The van der Waals surface area contributed by atoms with Crippen LogP contribution in [0.25, 0.3) is 11.8 Å². The molecule has 0 aliphatic carbocycles. The molecule has 0 saturated carbocycles. The van der Waals surface area contributed by atoms with Gasteiger partial charge in [-0.25, -0.2) is 0 Å². The van der Waals surface area contributed by atoms with Crippen molar-refractivity contribution in [3.05, 3.63) is 115 Å². The molecule has 6 N–H and O–H groups in total. The number of hydrogen-bond acceptors (Lipinski definition) is 4. The van der Waals surface area contributed by atoms with E-state index in [-0.39, 0.29) is 5.43 Å². The topological polar surface area (TPSA) is 100 Å². The lowest BCUT2D eigenvalue weighted by Crippen LogP contribution is -2.17. The van der Waals surface area contributed by atoms with Gasteiger partial charge in [-0.15, -0.1) is 0 Å². The molecule has 3 rings (SSSR count). The first kappa shape index (κ1) is 26.3. The van der Waals surface area contributed by atoms with Crippen LogP contribution in [0.4, 0.5) is 0 Å². The van der Waals surface area contributed by atoms with Crippen LogP contribution in [-0.4, -0.2) is 11.1 Å². The molecule has 0 aliphatic rings. The predicted molar refractivity (Wildman–Crippen MR) is 141 cm³/mol. The van der Waals surface area contributed by atoms with Crippen molar-refractivity contribution in [3.8, 4) is 0 Å². The van der Waals surface area contributed by atoms with Gasteiger partial charge in [0.2, 0.25) is 0 Å². The Morgan fingerprint density at radius 3 is 2.21 bits per heavy atom. The molecule has 33 heavy (non-hydrogen) atoms. The number of pyridine rings is 1. The fourth-order valence-electron chi connectivity index (χ4n) is 3.20. The van der Waals surface area contributed by atoms with Crippen LogP contribution >= 0.6 is 23.2 Å². The van der Waals surface area contributed by atoms with Crippen LogP contribution in [-0.2, 0) is 13.0 Å². The summed E-state index contributed by atoms with van der Waals surface area (Å²) in [5.41, 5.74) is 20.9. The van der Waals surface area contributed by atoms with Gasteiger partial charge in [-0.2, -0.15) is 0 Å². The molecular formula is C26H30Cl2N4O. The van der Waals surface area contributed by atoms with E-state index in [1.807, 2.05) is 54.8 Å².